The second-order valence-corrected chi connectivity index (χ2v) is 15.4. The molecule has 3 heteroatoms. The lowest BCUT2D eigenvalue weighted by molar-refractivity contribution is 0.661. The number of nitrogens with zero attached hydrogens (tertiary/aromatic N) is 2. The maximum Gasteiger partial charge on any atom is 0.160 e. The van der Waals surface area contributed by atoms with Crippen molar-refractivity contribution >= 4 is 32.7 Å². The standard InChI is InChI=1S/C53H36N2O/c1-53(2)44-22-13-21-40(50(44)42-28-37-18-9-10-19-38(37)30-45(42)53)34-24-26-35(27-25-34)46-32-47(55-52(54-46)36-16-7-4-8-17-36)43-29-39(33-14-5-3-6-15-33)31-49-51(43)41-20-11-12-23-48(41)56-49/h3-32H,1-2H3. The summed E-state index contributed by atoms with van der Waals surface area (Å²) in [5.41, 5.74) is 16.3. The zero-order chi connectivity index (χ0) is 37.4. The van der Waals surface area contributed by atoms with Gasteiger partial charge in [0.1, 0.15) is 11.2 Å². The van der Waals surface area contributed by atoms with Crippen molar-refractivity contribution in [3.63, 3.8) is 0 Å². The molecular formula is C53H36N2O. The molecular weight excluding hydrogens is 681 g/mol. The van der Waals surface area contributed by atoms with Gasteiger partial charge in [0.05, 0.1) is 11.4 Å². The minimum Gasteiger partial charge on any atom is -0.456 e. The monoisotopic (exact) mass is 716 g/mol. The van der Waals surface area contributed by atoms with Crippen LogP contribution in [0.25, 0.3) is 100.0 Å². The van der Waals surface area contributed by atoms with E-state index >= 15 is 0 Å². The molecule has 3 nitrogen and oxygen atoms in total. The maximum absolute atomic E-state index is 6.51. The molecule has 264 valence electrons. The van der Waals surface area contributed by atoms with E-state index in [1.807, 2.05) is 36.4 Å². The molecule has 11 rings (SSSR count). The molecule has 0 N–H and O–H groups in total. The second kappa shape index (κ2) is 12.5. The first-order valence-electron chi connectivity index (χ1n) is 19.2. The van der Waals surface area contributed by atoms with Gasteiger partial charge in [-0.25, -0.2) is 9.97 Å². The fourth-order valence-electron chi connectivity index (χ4n) is 8.84. The highest BCUT2D eigenvalue weighted by Crippen LogP contribution is 2.53. The molecule has 2 heterocycles. The fraction of sp³-hybridized carbons (Fsp3) is 0.0566. The van der Waals surface area contributed by atoms with Crippen LogP contribution in [-0.2, 0) is 5.41 Å². The second-order valence-electron chi connectivity index (χ2n) is 15.4. The molecule has 0 radical (unpaired) electrons. The van der Waals surface area contributed by atoms with Crippen molar-refractivity contribution in [1.29, 1.82) is 0 Å². The van der Waals surface area contributed by atoms with Gasteiger partial charge in [-0.05, 0) is 91.7 Å². The molecule has 0 spiro atoms. The molecule has 0 atom stereocenters. The smallest absolute Gasteiger partial charge is 0.160 e. The normalized spacial score (nSPS) is 13.0. The molecule has 0 saturated heterocycles. The fourth-order valence-corrected chi connectivity index (χ4v) is 8.84. The van der Waals surface area contributed by atoms with E-state index in [4.69, 9.17) is 14.4 Å². The van der Waals surface area contributed by atoms with Crippen LogP contribution in [0.3, 0.4) is 0 Å². The van der Waals surface area contributed by atoms with Gasteiger partial charge >= 0.3 is 0 Å². The van der Waals surface area contributed by atoms with Crippen molar-refractivity contribution in [3.05, 3.63) is 193 Å². The molecule has 56 heavy (non-hydrogen) atoms. The average Bonchev–Trinajstić information content (AvgIpc) is 3.74. The summed E-state index contributed by atoms with van der Waals surface area (Å²) >= 11 is 0. The Morgan fingerprint density at radius 3 is 1.86 bits per heavy atom. The third-order valence-corrected chi connectivity index (χ3v) is 11.7. The Kier molecular flexibility index (Phi) is 7.20. The van der Waals surface area contributed by atoms with Gasteiger partial charge in [0.25, 0.3) is 0 Å². The topological polar surface area (TPSA) is 38.9 Å². The summed E-state index contributed by atoms with van der Waals surface area (Å²) in [4.78, 5) is 10.5. The van der Waals surface area contributed by atoms with E-state index in [-0.39, 0.29) is 5.41 Å². The number of benzene rings is 8. The van der Waals surface area contributed by atoms with E-state index in [0.717, 1.165) is 61.1 Å². The molecule has 1 aliphatic carbocycles. The highest BCUT2D eigenvalue weighted by molar-refractivity contribution is 6.13. The number of hydrogen-bond acceptors (Lipinski definition) is 3. The molecule has 1 aliphatic rings. The summed E-state index contributed by atoms with van der Waals surface area (Å²) in [5.74, 6) is 0.681. The Bertz CT molecular complexity index is 3140. The molecule has 0 unspecified atom stereocenters. The van der Waals surface area contributed by atoms with Crippen molar-refractivity contribution in [2.45, 2.75) is 19.3 Å². The van der Waals surface area contributed by atoms with Gasteiger partial charge < -0.3 is 4.42 Å². The van der Waals surface area contributed by atoms with Crippen molar-refractivity contribution in [3.8, 4) is 67.3 Å². The van der Waals surface area contributed by atoms with Crippen LogP contribution in [0, 0.1) is 0 Å². The first-order chi connectivity index (χ1) is 27.5. The van der Waals surface area contributed by atoms with Crippen LogP contribution in [0.5, 0.6) is 0 Å². The van der Waals surface area contributed by atoms with Gasteiger partial charge in [-0.3, -0.25) is 0 Å². The number of furan rings is 1. The van der Waals surface area contributed by atoms with Crippen LogP contribution in [0.4, 0.5) is 0 Å². The number of rotatable bonds is 5. The van der Waals surface area contributed by atoms with E-state index in [2.05, 4.69) is 159 Å². The maximum atomic E-state index is 6.51. The van der Waals surface area contributed by atoms with Gasteiger partial charge in [0.15, 0.2) is 5.82 Å². The van der Waals surface area contributed by atoms with Gasteiger partial charge in [0.2, 0.25) is 0 Å². The van der Waals surface area contributed by atoms with Crippen molar-refractivity contribution in [2.75, 3.05) is 0 Å². The molecule has 2 aromatic heterocycles. The number of aromatic nitrogens is 2. The van der Waals surface area contributed by atoms with Crippen molar-refractivity contribution < 1.29 is 4.42 Å². The molecule has 0 amide bonds. The highest BCUT2D eigenvalue weighted by atomic mass is 16.3. The number of para-hydroxylation sites is 1. The zero-order valence-corrected chi connectivity index (χ0v) is 31.1. The minimum atomic E-state index is -0.0978. The minimum absolute atomic E-state index is 0.0978. The van der Waals surface area contributed by atoms with Gasteiger partial charge in [-0.2, -0.15) is 0 Å². The van der Waals surface area contributed by atoms with E-state index in [1.165, 1.54) is 44.2 Å². The Balaban J connectivity index is 1.08. The van der Waals surface area contributed by atoms with Crippen molar-refractivity contribution in [1.82, 2.24) is 9.97 Å². The van der Waals surface area contributed by atoms with E-state index in [0.29, 0.717) is 5.82 Å². The third kappa shape index (κ3) is 5.12. The van der Waals surface area contributed by atoms with Crippen LogP contribution in [0.1, 0.15) is 25.0 Å². The quantitative estimate of drug-likeness (QED) is 0.178. The zero-order valence-electron chi connectivity index (χ0n) is 31.1. The Morgan fingerprint density at radius 1 is 0.411 bits per heavy atom. The molecule has 0 bridgehead atoms. The Morgan fingerprint density at radius 2 is 1.07 bits per heavy atom. The van der Waals surface area contributed by atoms with E-state index < -0.39 is 0 Å². The van der Waals surface area contributed by atoms with E-state index in [9.17, 15) is 0 Å². The third-order valence-electron chi connectivity index (χ3n) is 11.7. The average molecular weight is 717 g/mol. The van der Waals surface area contributed by atoms with Crippen LogP contribution >= 0.6 is 0 Å². The SMILES string of the molecule is CC1(C)c2cc3ccccc3cc2-c2c(-c3ccc(-c4cc(-c5cc(-c6ccccc6)cc6oc7ccccc7c56)nc(-c5ccccc5)n4)cc3)cccc21. The summed E-state index contributed by atoms with van der Waals surface area (Å²) in [6.07, 6.45) is 0. The molecule has 8 aromatic carbocycles. The molecule has 10 aromatic rings. The van der Waals surface area contributed by atoms with Crippen LogP contribution in [0.15, 0.2) is 186 Å². The molecule has 0 aliphatic heterocycles. The van der Waals surface area contributed by atoms with E-state index in [1.54, 1.807) is 0 Å². The summed E-state index contributed by atoms with van der Waals surface area (Å²) in [6.45, 7) is 4.71. The summed E-state index contributed by atoms with van der Waals surface area (Å²) in [6, 6.07) is 64.7. The van der Waals surface area contributed by atoms with Gasteiger partial charge in [-0.15, -0.1) is 0 Å². The first kappa shape index (κ1) is 32.3. The predicted molar refractivity (Wildman–Crippen MR) is 232 cm³/mol. The Hall–Kier alpha value is -7.10. The Labute approximate surface area is 325 Å². The van der Waals surface area contributed by atoms with Crippen molar-refractivity contribution in [2.24, 2.45) is 0 Å². The number of hydrogen-bond donors (Lipinski definition) is 0. The lowest BCUT2D eigenvalue weighted by Gasteiger charge is -2.22. The lowest BCUT2D eigenvalue weighted by atomic mass is 9.81. The van der Waals surface area contributed by atoms with Gasteiger partial charge in [0, 0.05) is 32.9 Å². The largest absolute Gasteiger partial charge is 0.456 e. The number of fused-ring (bicyclic) bond motifs is 7. The summed E-state index contributed by atoms with van der Waals surface area (Å²) in [7, 11) is 0. The first-order valence-corrected chi connectivity index (χ1v) is 19.2. The summed E-state index contributed by atoms with van der Waals surface area (Å²) in [5, 5.41) is 4.67. The molecule has 0 saturated carbocycles. The molecule has 0 fully saturated rings. The highest BCUT2D eigenvalue weighted by Gasteiger charge is 2.37. The summed E-state index contributed by atoms with van der Waals surface area (Å²) < 4.78 is 6.51. The van der Waals surface area contributed by atoms with Crippen LogP contribution in [-0.4, -0.2) is 9.97 Å². The van der Waals surface area contributed by atoms with Crippen LogP contribution in [0.2, 0.25) is 0 Å². The lowest BCUT2D eigenvalue weighted by Crippen LogP contribution is -2.14. The predicted octanol–water partition coefficient (Wildman–Crippen LogP) is 14.2. The van der Waals surface area contributed by atoms with Gasteiger partial charge in [-0.1, -0.05) is 159 Å². The van der Waals surface area contributed by atoms with Crippen LogP contribution < -0.4 is 0 Å².